The number of rotatable bonds is 3. The topological polar surface area (TPSA) is 73.6 Å². The number of hydrogen-bond donors (Lipinski definition) is 1. The third kappa shape index (κ3) is 2.64. The van der Waals surface area contributed by atoms with E-state index in [4.69, 9.17) is 13.9 Å². The van der Waals surface area contributed by atoms with Crippen molar-refractivity contribution < 1.29 is 18.7 Å². The molecule has 1 unspecified atom stereocenters. The highest BCUT2D eigenvalue weighted by molar-refractivity contribution is 5.98. The lowest BCUT2D eigenvalue weighted by Crippen LogP contribution is -2.31. The second kappa shape index (κ2) is 6.04. The van der Waals surface area contributed by atoms with Crippen LogP contribution in [-0.2, 0) is 0 Å². The van der Waals surface area contributed by atoms with Gasteiger partial charge in [0.25, 0.3) is 5.91 Å². The molecule has 1 aromatic heterocycles. The van der Waals surface area contributed by atoms with Gasteiger partial charge < -0.3 is 19.2 Å². The molecule has 1 spiro atoms. The van der Waals surface area contributed by atoms with Gasteiger partial charge in [0.15, 0.2) is 29.3 Å². The number of oxazole rings is 1. The first-order chi connectivity index (χ1) is 12.8. The molecule has 2 aliphatic carbocycles. The summed E-state index contributed by atoms with van der Waals surface area (Å²) in [5, 5.41) is 3.17. The van der Waals surface area contributed by atoms with Gasteiger partial charge in [-0.2, -0.15) is 0 Å². The molecule has 1 aliphatic heterocycles. The predicted molar refractivity (Wildman–Crippen MR) is 94.3 cm³/mol. The van der Waals surface area contributed by atoms with Crippen LogP contribution in [0.4, 0.5) is 0 Å². The van der Waals surface area contributed by atoms with Crippen LogP contribution < -0.4 is 14.8 Å². The second-order valence-corrected chi connectivity index (χ2v) is 7.54. The summed E-state index contributed by atoms with van der Waals surface area (Å²) in [5.74, 6) is 1.69. The number of nitrogens with one attached hydrogen (secondary N) is 1. The Morgan fingerprint density at radius 1 is 1.12 bits per heavy atom. The van der Waals surface area contributed by atoms with Crippen LogP contribution >= 0.6 is 0 Å². The summed E-state index contributed by atoms with van der Waals surface area (Å²) in [4.78, 5) is 16.9. The van der Waals surface area contributed by atoms with Crippen LogP contribution in [0.1, 0.15) is 49.0 Å². The van der Waals surface area contributed by atoms with Crippen LogP contribution in [0.15, 0.2) is 29.0 Å². The molecule has 2 aromatic rings. The van der Waals surface area contributed by atoms with Crippen molar-refractivity contribution in [3.05, 3.63) is 30.3 Å². The Labute approximate surface area is 151 Å². The molecule has 0 radical (unpaired) electrons. The van der Waals surface area contributed by atoms with Crippen molar-refractivity contribution in [3.63, 3.8) is 0 Å². The zero-order valence-electron chi connectivity index (χ0n) is 14.6. The number of fused-ring (bicyclic) bond motifs is 1. The van der Waals surface area contributed by atoms with Crippen LogP contribution in [0.2, 0.25) is 0 Å². The molecule has 6 nitrogen and oxygen atoms in total. The molecule has 3 aliphatic rings. The molecule has 1 atom stereocenters. The van der Waals surface area contributed by atoms with E-state index in [1.165, 1.54) is 38.5 Å². The predicted octanol–water partition coefficient (Wildman–Crippen LogP) is 3.57. The lowest BCUT2D eigenvalue weighted by Gasteiger charge is -2.22. The molecule has 2 fully saturated rings. The minimum Gasteiger partial charge on any atom is -0.486 e. The van der Waals surface area contributed by atoms with E-state index in [0.717, 1.165) is 12.0 Å². The average molecular weight is 354 g/mol. The Morgan fingerprint density at radius 3 is 2.77 bits per heavy atom. The normalized spacial score (nSPS) is 22.8. The molecule has 6 heteroatoms. The van der Waals surface area contributed by atoms with Gasteiger partial charge in [0.05, 0.1) is 0 Å². The van der Waals surface area contributed by atoms with E-state index < -0.39 is 0 Å². The van der Waals surface area contributed by atoms with Crippen LogP contribution in [-0.4, -0.2) is 30.1 Å². The highest BCUT2D eigenvalue weighted by Crippen LogP contribution is 2.56. The molecule has 0 saturated heterocycles. The number of ether oxygens (including phenoxy) is 2. The minimum atomic E-state index is -0.156. The highest BCUT2D eigenvalue weighted by Gasteiger charge is 2.54. The van der Waals surface area contributed by atoms with E-state index >= 15 is 0 Å². The highest BCUT2D eigenvalue weighted by atomic mass is 16.6. The first-order valence-corrected chi connectivity index (χ1v) is 9.40. The number of carbonyl (C=O) groups is 1. The maximum Gasteiger partial charge on any atom is 0.274 e. The number of hydrogen-bond acceptors (Lipinski definition) is 5. The largest absolute Gasteiger partial charge is 0.486 e. The fourth-order valence-corrected chi connectivity index (χ4v) is 4.38. The molecule has 1 N–H and O–H groups in total. The van der Waals surface area contributed by atoms with E-state index in [0.29, 0.717) is 41.6 Å². The Kier molecular flexibility index (Phi) is 3.65. The van der Waals surface area contributed by atoms with Crippen molar-refractivity contribution in [1.29, 1.82) is 0 Å². The second-order valence-electron chi connectivity index (χ2n) is 7.54. The first-order valence-electron chi connectivity index (χ1n) is 9.40. The quantitative estimate of drug-likeness (QED) is 0.912. The van der Waals surface area contributed by atoms with Gasteiger partial charge in [-0.05, 0) is 42.9 Å². The maximum atomic E-state index is 12.8. The molecule has 136 valence electrons. The van der Waals surface area contributed by atoms with Crippen molar-refractivity contribution in [2.45, 2.75) is 44.6 Å². The monoisotopic (exact) mass is 354 g/mol. The molecule has 1 aromatic carbocycles. The molecule has 0 bridgehead atoms. The Bertz CT molecular complexity index is 838. The van der Waals surface area contributed by atoms with Crippen LogP contribution in [0.3, 0.4) is 0 Å². The number of amides is 1. The fourth-order valence-electron chi connectivity index (χ4n) is 4.38. The summed E-state index contributed by atoms with van der Waals surface area (Å²) in [6, 6.07) is 5.82. The summed E-state index contributed by atoms with van der Waals surface area (Å²) in [7, 11) is 0. The van der Waals surface area contributed by atoms with E-state index in [1.807, 2.05) is 18.2 Å². The van der Waals surface area contributed by atoms with Gasteiger partial charge in [0.2, 0.25) is 0 Å². The zero-order chi connectivity index (χ0) is 17.6. The van der Waals surface area contributed by atoms with Gasteiger partial charge in [-0.15, -0.1) is 0 Å². The van der Waals surface area contributed by atoms with E-state index in [2.05, 4.69) is 10.3 Å². The van der Waals surface area contributed by atoms with Gasteiger partial charge in [-0.25, -0.2) is 4.98 Å². The molecule has 1 amide bonds. The smallest absolute Gasteiger partial charge is 0.274 e. The summed E-state index contributed by atoms with van der Waals surface area (Å²) < 4.78 is 16.7. The zero-order valence-corrected chi connectivity index (χ0v) is 14.6. The summed E-state index contributed by atoms with van der Waals surface area (Å²) >= 11 is 0. The lowest BCUT2D eigenvalue weighted by molar-refractivity contribution is 0.0938. The van der Waals surface area contributed by atoms with E-state index in [9.17, 15) is 4.79 Å². The maximum absolute atomic E-state index is 12.8. The van der Waals surface area contributed by atoms with Crippen molar-refractivity contribution in [2.24, 2.45) is 5.41 Å². The molecule has 2 heterocycles. The third-order valence-corrected chi connectivity index (χ3v) is 5.93. The summed E-state index contributed by atoms with van der Waals surface area (Å²) in [5.41, 5.74) is 1.44. The van der Waals surface area contributed by atoms with Crippen LogP contribution in [0, 0.1) is 5.41 Å². The van der Waals surface area contributed by atoms with E-state index in [-0.39, 0.29) is 11.9 Å². The Hall–Kier alpha value is -2.50. The number of benzene rings is 1. The first kappa shape index (κ1) is 15.7. The summed E-state index contributed by atoms with van der Waals surface area (Å²) in [6.45, 7) is 1.06. The van der Waals surface area contributed by atoms with Crippen LogP contribution in [0.5, 0.6) is 11.5 Å². The van der Waals surface area contributed by atoms with Gasteiger partial charge in [0, 0.05) is 11.6 Å². The molecule has 5 rings (SSSR count). The molecule has 26 heavy (non-hydrogen) atoms. The lowest BCUT2D eigenvalue weighted by atomic mass is 9.86. The SMILES string of the molecule is O=C(NC1CC12CCCCC2)c1ncoc1-c1ccc2c(c1)OCCO2. The number of aromatic nitrogens is 1. The van der Waals surface area contributed by atoms with E-state index in [1.54, 1.807) is 0 Å². The number of nitrogens with zero attached hydrogens (tertiary/aromatic N) is 1. The standard InChI is InChI=1S/C20H22N2O4/c23-19(22-16-11-20(16)6-2-1-3-7-20)17-18(26-12-21-17)13-4-5-14-15(10-13)25-9-8-24-14/h4-5,10,12,16H,1-3,6-9,11H2,(H,22,23). The molecular weight excluding hydrogens is 332 g/mol. The molecular formula is C20H22N2O4. The minimum absolute atomic E-state index is 0.156. The summed E-state index contributed by atoms with van der Waals surface area (Å²) in [6.07, 6.45) is 8.75. The van der Waals surface area contributed by atoms with Crippen molar-refractivity contribution in [1.82, 2.24) is 10.3 Å². The van der Waals surface area contributed by atoms with Gasteiger partial charge in [-0.3, -0.25) is 4.79 Å². The van der Waals surface area contributed by atoms with Gasteiger partial charge in [-0.1, -0.05) is 19.3 Å². The van der Waals surface area contributed by atoms with Crippen LogP contribution in [0.25, 0.3) is 11.3 Å². The van der Waals surface area contributed by atoms with Crippen molar-refractivity contribution in [3.8, 4) is 22.8 Å². The Morgan fingerprint density at radius 2 is 1.92 bits per heavy atom. The Balaban J connectivity index is 1.35. The van der Waals surface area contributed by atoms with Gasteiger partial charge >= 0.3 is 0 Å². The average Bonchev–Trinajstić information content (AvgIpc) is 3.10. The fraction of sp³-hybridized carbons (Fsp3) is 0.500. The van der Waals surface area contributed by atoms with Gasteiger partial charge in [0.1, 0.15) is 13.2 Å². The van der Waals surface area contributed by atoms with Crippen molar-refractivity contribution in [2.75, 3.05) is 13.2 Å². The third-order valence-electron chi connectivity index (χ3n) is 5.93. The molecule has 2 saturated carbocycles. The van der Waals surface area contributed by atoms with Crippen molar-refractivity contribution >= 4 is 5.91 Å². The number of carbonyl (C=O) groups excluding carboxylic acids is 1.